The summed E-state index contributed by atoms with van der Waals surface area (Å²) in [6.07, 6.45) is 2.70. The molecule has 0 saturated heterocycles. The Morgan fingerprint density at radius 1 is 1.44 bits per heavy atom. The van der Waals surface area contributed by atoms with Gasteiger partial charge in [-0.1, -0.05) is 6.92 Å². The molecule has 16 heavy (non-hydrogen) atoms. The number of nitrogens with two attached hydrogens (primary N) is 1. The first-order chi connectivity index (χ1) is 7.61. The van der Waals surface area contributed by atoms with Gasteiger partial charge in [-0.2, -0.15) is 5.10 Å². The molecule has 0 unspecified atom stereocenters. The zero-order chi connectivity index (χ0) is 11.7. The van der Waals surface area contributed by atoms with Crippen molar-refractivity contribution in [2.45, 2.75) is 13.3 Å². The van der Waals surface area contributed by atoms with Gasteiger partial charge < -0.3 is 5.73 Å². The van der Waals surface area contributed by atoms with Crippen molar-refractivity contribution >= 4 is 28.4 Å². The molecule has 2 aromatic rings. The minimum Gasteiger partial charge on any atom is -0.383 e. The Labute approximate surface area is 107 Å². The number of hydrogen-bond donors (Lipinski definition) is 1. The molecule has 0 amide bonds. The van der Waals surface area contributed by atoms with Crippen molar-refractivity contribution in [1.82, 2.24) is 19.7 Å². The summed E-state index contributed by atoms with van der Waals surface area (Å²) in [7, 11) is 1.86. The molecule has 0 fully saturated rings. The second kappa shape index (κ2) is 4.36. The predicted octanol–water partition coefficient (Wildman–Crippen LogP) is 1.63. The van der Waals surface area contributed by atoms with Crippen LogP contribution in [0.3, 0.4) is 0 Å². The molecule has 0 aliphatic rings. The fourth-order valence-corrected chi connectivity index (χ4v) is 2.02. The van der Waals surface area contributed by atoms with Gasteiger partial charge in [0.15, 0.2) is 5.82 Å². The highest BCUT2D eigenvalue weighted by Gasteiger charge is 2.11. The van der Waals surface area contributed by atoms with Crippen LogP contribution in [-0.2, 0) is 13.5 Å². The van der Waals surface area contributed by atoms with Crippen LogP contribution >= 0.6 is 22.6 Å². The zero-order valence-corrected chi connectivity index (χ0v) is 11.3. The highest BCUT2D eigenvalue weighted by Crippen LogP contribution is 2.21. The van der Waals surface area contributed by atoms with Crippen molar-refractivity contribution in [3.63, 3.8) is 0 Å². The third kappa shape index (κ3) is 2.01. The van der Waals surface area contributed by atoms with E-state index in [1.54, 1.807) is 4.68 Å². The molecule has 0 atom stereocenters. The van der Waals surface area contributed by atoms with Crippen LogP contribution in [0.5, 0.6) is 0 Å². The molecule has 0 aromatic carbocycles. The number of aryl methyl sites for hydroxylation is 2. The molecule has 84 valence electrons. The Kier molecular flexibility index (Phi) is 3.08. The van der Waals surface area contributed by atoms with Crippen LogP contribution < -0.4 is 5.73 Å². The van der Waals surface area contributed by atoms with Gasteiger partial charge in [0, 0.05) is 13.2 Å². The van der Waals surface area contributed by atoms with Crippen molar-refractivity contribution in [2.24, 2.45) is 7.05 Å². The van der Waals surface area contributed by atoms with Crippen molar-refractivity contribution in [2.75, 3.05) is 5.73 Å². The minimum atomic E-state index is 0.521. The maximum absolute atomic E-state index is 5.85. The minimum absolute atomic E-state index is 0.521. The lowest BCUT2D eigenvalue weighted by atomic mass is 10.3. The molecule has 2 N–H and O–H groups in total. The van der Waals surface area contributed by atoms with E-state index in [4.69, 9.17) is 5.73 Å². The van der Waals surface area contributed by atoms with Crippen LogP contribution in [0.25, 0.3) is 11.5 Å². The SMILES string of the molecule is CCc1nc(-c2ccn(C)n2)nc(N)c1I. The fraction of sp³-hybridized carbons (Fsp3) is 0.300. The average Bonchev–Trinajstić information content (AvgIpc) is 2.69. The summed E-state index contributed by atoms with van der Waals surface area (Å²) in [5.41, 5.74) is 7.56. The summed E-state index contributed by atoms with van der Waals surface area (Å²) in [6, 6.07) is 1.88. The zero-order valence-electron chi connectivity index (χ0n) is 9.11. The van der Waals surface area contributed by atoms with Crippen molar-refractivity contribution < 1.29 is 0 Å². The van der Waals surface area contributed by atoms with Gasteiger partial charge in [0.2, 0.25) is 0 Å². The molecule has 0 radical (unpaired) electrons. The number of rotatable bonds is 2. The first-order valence-electron chi connectivity index (χ1n) is 4.93. The van der Waals surface area contributed by atoms with Crippen molar-refractivity contribution in [3.05, 3.63) is 21.5 Å². The van der Waals surface area contributed by atoms with Gasteiger partial charge in [0.05, 0.1) is 9.26 Å². The van der Waals surface area contributed by atoms with E-state index in [-0.39, 0.29) is 0 Å². The van der Waals surface area contributed by atoms with Crippen LogP contribution in [0.1, 0.15) is 12.6 Å². The Bertz CT molecular complexity index is 520. The number of anilines is 1. The molecular weight excluding hydrogens is 317 g/mol. The van der Waals surface area contributed by atoms with Crippen LogP contribution in [0, 0.1) is 3.57 Å². The van der Waals surface area contributed by atoms with E-state index in [2.05, 4.69) is 37.7 Å². The second-order valence-corrected chi connectivity index (χ2v) is 4.50. The Balaban J connectivity index is 2.54. The van der Waals surface area contributed by atoms with Crippen molar-refractivity contribution in [1.29, 1.82) is 0 Å². The summed E-state index contributed by atoms with van der Waals surface area (Å²) in [4.78, 5) is 8.71. The lowest BCUT2D eigenvalue weighted by molar-refractivity contribution is 0.768. The van der Waals surface area contributed by atoms with E-state index in [1.807, 2.05) is 26.2 Å². The molecule has 0 bridgehead atoms. The molecule has 2 rings (SSSR count). The molecule has 0 aliphatic heterocycles. The molecule has 0 aliphatic carbocycles. The van der Waals surface area contributed by atoms with Crippen LogP contribution in [-0.4, -0.2) is 19.7 Å². The van der Waals surface area contributed by atoms with E-state index < -0.39 is 0 Å². The first kappa shape index (κ1) is 11.3. The van der Waals surface area contributed by atoms with E-state index in [0.29, 0.717) is 11.6 Å². The van der Waals surface area contributed by atoms with Crippen molar-refractivity contribution in [3.8, 4) is 11.5 Å². The smallest absolute Gasteiger partial charge is 0.182 e. The summed E-state index contributed by atoms with van der Waals surface area (Å²) >= 11 is 2.17. The molecule has 0 saturated carbocycles. The lowest BCUT2D eigenvalue weighted by Gasteiger charge is -2.05. The number of aromatic nitrogens is 4. The van der Waals surface area contributed by atoms with E-state index >= 15 is 0 Å². The Morgan fingerprint density at radius 3 is 2.75 bits per heavy atom. The van der Waals surface area contributed by atoms with E-state index in [9.17, 15) is 0 Å². The molecule has 2 aromatic heterocycles. The second-order valence-electron chi connectivity index (χ2n) is 3.42. The summed E-state index contributed by atoms with van der Waals surface area (Å²) in [5.74, 6) is 1.11. The topological polar surface area (TPSA) is 69.6 Å². The first-order valence-corrected chi connectivity index (χ1v) is 6.01. The molecule has 0 spiro atoms. The predicted molar refractivity (Wildman–Crippen MR) is 70.7 cm³/mol. The Morgan fingerprint density at radius 2 is 2.19 bits per heavy atom. The largest absolute Gasteiger partial charge is 0.383 e. The maximum atomic E-state index is 5.85. The highest BCUT2D eigenvalue weighted by atomic mass is 127. The third-order valence-electron chi connectivity index (χ3n) is 2.22. The van der Waals surface area contributed by atoms with Gasteiger partial charge in [-0.3, -0.25) is 4.68 Å². The quantitative estimate of drug-likeness (QED) is 0.850. The van der Waals surface area contributed by atoms with E-state index in [1.165, 1.54) is 0 Å². The fourth-order valence-electron chi connectivity index (χ4n) is 1.40. The number of hydrogen-bond acceptors (Lipinski definition) is 4. The molecule has 5 nitrogen and oxygen atoms in total. The standard InChI is InChI=1S/C10H12IN5/c1-3-6-8(11)9(12)14-10(13-6)7-4-5-16(2)15-7/h4-5H,3H2,1-2H3,(H2,12,13,14). The summed E-state index contributed by atoms with van der Waals surface area (Å²) in [6.45, 7) is 2.05. The maximum Gasteiger partial charge on any atom is 0.182 e. The number of nitrogen functional groups attached to an aromatic ring is 1. The van der Waals surface area contributed by atoms with Gasteiger partial charge in [0.25, 0.3) is 0 Å². The third-order valence-corrected chi connectivity index (χ3v) is 3.40. The van der Waals surface area contributed by atoms with Crippen LogP contribution in [0.4, 0.5) is 5.82 Å². The molecular formula is C10H12IN5. The van der Waals surface area contributed by atoms with Crippen LogP contribution in [0.15, 0.2) is 12.3 Å². The number of halogens is 1. The van der Waals surface area contributed by atoms with E-state index in [0.717, 1.165) is 21.4 Å². The molecule has 6 heteroatoms. The van der Waals surface area contributed by atoms with Gasteiger partial charge in [-0.15, -0.1) is 0 Å². The van der Waals surface area contributed by atoms with Gasteiger partial charge in [-0.05, 0) is 35.1 Å². The number of nitrogens with zero attached hydrogens (tertiary/aromatic N) is 4. The Hall–Kier alpha value is -1.18. The summed E-state index contributed by atoms with van der Waals surface area (Å²) < 4.78 is 2.65. The highest BCUT2D eigenvalue weighted by molar-refractivity contribution is 14.1. The van der Waals surface area contributed by atoms with Gasteiger partial charge >= 0.3 is 0 Å². The average molecular weight is 329 g/mol. The van der Waals surface area contributed by atoms with Gasteiger partial charge in [-0.25, -0.2) is 9.97 Å². The monoisotopic (exact) mass is 329 g/mol. The van der Waals surface area contributed by atoms with Gasteiger partial charge in [0.1, 0.15) is 11.5 Å². The molecule has 2 heterocycles. The summed E-state index contributed by atoms with van der Waals surface area (Å²) in [5, 5.41) is 4.26. The van der Waals surface area contributed by atoms with Crippen LogP contribution in [0.2, 0.25) is 0 Å². The normalized spacial score (nSPS) is 10.7. The lowest BCUT2D eigenvalue weighted by Crippen LogP contribution is -2.04.